The zero-order chi connectivity index (χ0) is 13.6. The summed E-state index contributed by atoms with van der Waals surface area (Å²) in [5, 5.41) is 1.81. The lowest BCUT2D eigenvalue weighted by atomic mass is 10.1. The molecule has 0 bridgehead atoms. The van der Waals surface area contributed by atoms with Crippen LogP contribution in [0, 0.1) is 0 Å². The minimum Gasteiger partial charge on any atom is -0.407 e. The number of carbonyl (C=O) groups is 1. The standard InChI is InChI=1S/C13H8Cl2N2O2/c1-6-17-12(13(18)19-6)2-7-5-16-11-4-10(15)9(14)3-8(7)11/h2-5,16H,1H3. The van der Waals surface area contributed by atoms with Gasteiger partial charge in [0.05, 0.1) is 10.0 Å². The van der Waals surface area contributed by atoms with E-state index in [2.05, 4.69) is 9.98 Å². The molecule has 0 amide bonds. The van der Waals surface area contributed by atoms with Crippen molar-refractivity contribution >= 4 is 52.0 Å². The SMILES string of the molecule is CC1=NC(=Cc2c[nH]c3cc(Cl)c(Cl)cc23)C(=O)O1. The molecule has 4 nitrogen and oxygen atoms in total. The largest absolute Gasteiger partial charge is 0.407 e. The maximum Gasteiger partial charge on any atom is 0.363 e. The van der Waals surface area contributed by atoms with Crippen LogP contribution in [0.4, 0.5) is 0 Å². The van der Waals surface area contributed by atoms with E-state index in [1.807, 2.05) is 0 Å². The van der Waals surface area contributed by atoms with Gasteiger partial charge in [-0.3, -0.25) is 0 Å². The Labute approximate surface area is 118 Å². The van der Waals surface area contributed by atoms with E-state index in [9.17, 15) is 4.79 Å². The number of H-pyrrole nitrogens is 1. The van der Waals surface area contributed by atoms with Gasteiger partial charge in [0, 0.05) is 29.6 Å². The summed E-state index contributed by atoms with van der Waals surface area (Å²) in [5.74, 6) is -0.107. The van der Waals surface area contributed by atoms with Crippen molar-refractivity contribution in [3.8, 4) is 0 Å². The Bertz CT molecular complexity index is 759. The van der Waals surface area contributed by atoms with Gasteiger partial charge < -0.3 is 9.72 Å². The molecule has 0 atom stereocenters. The van der Waals surface area contributed by atoms with Crippen LogP contribution in [0.3, 0.4) is 0 Å². The first kappa shape index (κ1) is 12.3. The molecule has 0 aliphatic carbocycles. The van der Waals surface area contributed by atoms with Crippen molar-refractivity contribution in [2.45, 2.75) is 6.92 Å². The average molecular weight is 295 g/mol. The summed E-state index contributed by atoms with van der Waals surface area (Å²) >= 11 is 11.9. The Kier molecular flexibility index (Phi) is 2.84. The van der Waals surface area contributed by atoms with Gasteiger partial charge in [-0.15, -0.1) is 0 Å². The smallest absolute Gasteiger partial charge is 0.363 e. The molecule has 6 heteroatoms. The Hall–Kier alpha value is -1.78. The molecule has 1 aromatic heterocycles. The fraction of sp³-hybridized carbons (Fsp3) is 0.0769. The number of carbonyl (C=O) groups excluding carboxylic acids is 1. The van der Waals surface area contributed by atoms with Gasteiger partial charge in [0.15, 0.2) is 11.6 Å². The van der Waals surface area contributed by atoms with Crippen molar-refractivity contribution < 1.29 is 9.53 Å². The number of nitrogens with one attached hydrogen (secondary N) is 1. The monoisotopic (exact) mass is 294 g/mol. The molecule has 1 N–H and O–H groups in total. The Balaban J connectivity index is 2.14. The van der Waals surface area contributed by atoms with Gasteiger partial charge in [-0.25, -0.2) is 9.79 Å². The number of cyclic esters (lactones) is 1. The van der Waals surface area contributed by atoms with Gasteiger partial charge in [-0.1, -0.05) is 23.2 Å². The van der Waals surface area contributed by atoms with Crippen LogP contribution in [0.2, 0.25) is 10.0 Å². The zero-order valence-corrected chi connectivity index (χ0v) is 11.3. The Morgan fingerprint density at radius 2 is 2.05 bits per heavy atom. The number of fused-ring (bicyclic) bond motifs is 1. The van der Waals surface area contributed by atoms with Crippen LogP contribution >= 0.6 is 23.2 Å². The van der Waals surface area contributed by atoms with Crippen molar-refractivity contribution in [3.63, 3.8) is 0 Å². The normalized spacial score (nSPS) is 17.1. The third-order valence-corrected chi connectivity index (χ3v) is 3.50. The molecular formula is C13H8Cl2N2O2. The third-order valence-electron chi connectivity index (χ3n) is 2.77. The highest BCUT2D eigenvalue weighted by molar-refractivity contribution is 6.42. The van der Waals surface area contributed by atoms with Gasteiger partial charge in [0.25, 0.3) is 0 Å². The quantitative estimate of drug-likeness (QED) is 0.642. The number of rotatable bonds is 1. The maximum atomic E-state index is 11.5. The number of nitrogens with zero attached hydrogens (tertiary/aromatic N) is 1. The summed E-state index contributed by atoms with van der Waals surface area (Å²) < 4.78 is 4.86. The number of ether oxygens (including phenoxy) is 1. The van der Waals surface area contributed by atoms with E-state index in [1.165, 1.54) is 0 Å². The molecule has 3 rings (SSSR count). The zero-order valence-electron chi connectivity index (χ0n) is 9.83. The van der Waals surface area contributed by atoms with Gasteiger partial charge in [0.1, 0.15) is 0 Å². The molecule has 0 spiro atoms. The molecule has 19 heavy (non-hydrogen) atoms. The number of aliphatic imine (C=N–C) groups is 1. The van der Waals surface area contributed by atoms with Crippen molar-refractivity contribution in [1.29, 1.82) is 0 Å². The van der Waals surface area contributed by atoms with Crippen molar-refractivity contribution in [2.75, 3.05) is 0 Å². The second kappa shape index (κ2) is 4.40. The molecule has 2 heterocycles. The highest BCUT2D eigenvalue weighted by Crippen LogP contribution is 2.30. The first-order chi connectivity index (χ1) is 9.04. The first-order valence-corrected chi connectivity index (χ1v) is 6.25. The number of aromatic amines is 1. The number of hydrogen-bond donors (Lipinski definition) is 1. The van der Waals surface area contributed by atoms with Gasteiger partial charge in [0.2, 0.25) is 0 Å². The molecule has 0 unspecified atom stereocenters. The van der Waals surface area contributed by atoms with E-state index in [1.54, 1.807) is 31.3 Å². The summed E-state index contributed by atoms with van der Waals surface area (Å²) in [5.41, 5.74) is 1.91. The van der Waals surface area contributed by atoms with Crippen molar-refractivity contribution in [2.24, 2.45) is 4.99 Å². The van der Waals surface area contributed by atoms with Crippen LogP contribution in [0.25, 0.3) is 17.0 Å². The number of benzene rings is 1. The summed E-state index contributed by atoms with van der Waals surface area (Å²) in [6, 6.07) is 3.49. The predicted molar refractivity (Wildman–Crippen MR) is 75.5 cm³/mol. The van der Waals surface area contributed by atoms with Crippen LogP contribution in [0.15, 0.2) is 29.0 Å². The molecule has 96 valence electrons. The molecule has 0 fully saturated rings. The molecule has 2 aromatic rings. The molecule has 0 saturated carbocycles. The molecule has 1 aliphatic rings. The third kappa shape index (κ3) is 2.13. The van der Waals surface area contributed by atoms with E-state index in [0.717, 1.165) is 16.5 Å². The van der Waals surface area contributed by atoms with Crippen molar-refractivity contribution in [1.82, 2.24) is 4.98 Å². The number of hydrogen-bond acceptors (Lipinski definition) is 3. The van der Waals surface area contributed by atoms with Crippen LogP contribution < -0.4 is 0 Å². The van der Waals surface area contributed by atoms with E-state index in [4.69, 9.17) is 27.9 Å². The van der Waals surface area contributed by atoms with Crippen LogP contribution in [-0.2, 0) is 9.53 Å². The Morgan fingerprint density at radius 1 is 1.32 bits per heavy atom. The lowest BCUT2D eigenvalue weighted by Crippen LogP contribution is -1.99. The topological polar surface area (TPSA) is 54.5 Å². The second-order valence-corrected chi connectivity index (χ2v) is 4.92. The lowest BCUT2D eigenvalue weighted by molar-refractivity contribution is -0.130. The number of halogens is 2. The van der Waals surface area contributed by atoms with E-state index in [-0.39, 0.29) is 5.70 Å². The number of aromatic nitrogens is 1. The molecule has 1 aromatic carbocycles. The highest BCUT2D eigenvalue weighted by Gasteiger charge is 2.20. The van der Waals surface area contributed by atoms with Crippen molar-refractivity contribution in [3.05, 3.63) is 39.6 Å². The average Bonchev–Trinajstić information content (AvgIpc) is 2.86. The second-order valence-electron chi connectivity index (χ2n) is 4.11. The van der Waals surface area contributed by atoms with Gasteiger partial charge >= 0.3 is 5.97 Å². The maximum absolute atomic E-state index is 11.5. The van der Waals surface area contributed by atoms with Gasteiger partial charge in [-0.2, -0.15) is 0 Å². The summed E-state index contributed by atoms with van der Waals surface area (Å²) in [4.78, 5) is 18.6. The van der Waals surface area contributed by atoms with E-state index < -0.39 is 5.97 Å². The molecule has 0 saturated heterocycles. The van der Waals surface area contributed by atoms with Crippen LogP contribution in [0.5, 0.6) is 0 Å². The fourth-order valence-electron chi connectivity index (χ4n) is 1.92. The molecular weight excluding hydrogens is 287 g/mol. The van der Waals surface area contributed by atoms with Gasteiger partial charge in [-0.05, 0) is 18.2 Å². The highest BCUT2D eigenvalue weighted by atomic mass is 35.5. The minimum absolute atomic E-state index is 0.268. The summed E-state index contributed by atoms with van der Waals surface area (Å²) in [6.45, 7) is 1.63. The summed E-state index contributed by atoms with van der Waals surface area (Å²) in [7, 11) is 0. The molecule has 0 radical (unpaired) electrons. The van der Waals surface area contributed by atoms with Crippen LogP contribution in [0.1, 0.15) is 12.5 Å². The van der Waals surface area contributed by atoms with E-state index in [0.29, 0.717) is 15.9 Å². The van der Waals surface area contributed by atoms with E-state index >= 15 is 0 Å². The summed E-state index contributed by atoms with van der Waals surface area (Å²) in [6.07, 6.45) is 3.42. The first-order valence-electron chi connectivity index (χ1n) is 5.50. The Morgan fingerprint density at radius 3 is 2.74 bits per heavy atom. The minimum atomic E-state index is -0.452. The predicted octanol–water partition coefficient (Wildman–Crippen LogP) is 3.79. The number of esters is 1. The lowest BCUT2D eigenvalue weighted by Gasteiger charge is -1.97. The van der Waals surface area contributed by atoms with Crippen LogP contribution in [-0.4, -0.2) is 16.9 Å². The molecule has 1 aliphatic heterocycles. The fourth-order valence-corrected chi connectivity index (χ4v) is 2.25.